The number of nitrogens with zero attached hydrogens (tertiary/aromatic N) is 6. The van der Waals surface area contributed by atoms with Crippen LogP contribution in [0.4, 0.5) is 13.2 Å². The van der Waals surface area contributed by atoms with Crippen LogP contribution >= 0.6 is 34.0 Å². The number of rotatable bonds is 8. The molecule has 8 atom stereocenters. The average molecular weight is 1360 g/mol. The molecular weight excluding hydrogens is 1270 g/mol. The third-order valence-electron chi connectivity index (χ3n) is 21.1. The van der Waals surface area contributed by atoms with E-state index in [1.807, 2.05) is 56.9 Å². The van der Waals surface area contributed by atoms with Crippen LogP contribution in [0.15, 0.2) is 204 Å². The fourth-order valence-electron chi connectivity index (χ4n) is 15.8. The smallest absolute Gasteiger partial charge is 0.123 e. The van der Waals surface area contributed by atoms with E-state index in [-0.39, 0.29) is 81.2 Å². The van der Waals surface area contributed by atoms with E-state index in [1.54, 1.807) is 70.4 Å². The normalized spacial score (nSPS) is 21.9. The zero-order valence-corrected chi connectivity index (χ0v) is 54.3. The molecule has 6 aliphatic carbocycles. The molecule has 3 fully saturated rings. The summed E-state index contributed by atoms with van der Waals surface area (Å²) in [5, 5.41) is 42.4. The first-order valence-corrected chi connectivity index (χ1v) is 34.5. The molecule has 9 nitrogen and oxygen atoms in total. The maximum Gasteiger partial charge on any atom is 0.123 e. The Bertz CT molecular complexity index is 4580. The highest BCUT2D eigenvalue weighted by atomic mass is 32.1. The van der Waals surface area contributed by atoms with Crippen LogP contribution in [0, 0.1) is 51.5 Å². The Hall–Kier alpha value is -8.57. The Labute approximate surface area is 579 Å². The maximum absolute atomic E-state index is 13.4. The van der Waals surface area contributed by atoms with Crippen molar-refractivity contribution in [2.75, 3.05) is 0 Å². The van der Waals surface area contributed by atoms with E-state index in [0.29, 0.717) is 0 Å². The van der Waals surface area contributed by atoms with E-state index < -0.39 is 12.2 Å². The van der Waals surface area contributed by atoms with Gasteiger partial charge in [0.1, 0.15) is 23.7 Å². The number of carbonyl (C=O) groups excluding carboxylic acids is 1. The van der Waals surface area contributed by atoms with E-state index in [2.05, 4.69) is 126 Å². The lowest BCUT2D eigenvalue weighted by molar-refractivity contribution is -0.113. The highest BCUT2D eigenvalue weighted by molar-refractivity contribution is 7.19. The number of aliphatic hydroxyl groups is 2. The van der Waals surface area contributed by atoms with Crippen molar-refractivity contribution in [2.45, 2.75) is 120 Å². The van der Waals surface area contributed by atoms with Crippen LogP contribution in [0.1, 0.15) is 145 Å². The molecule has 6 aromatic carbocycles. The summed E-state index contributed by atoms with van der Waals surface area (Å²) in [6, 6.07) is 50.8. The number of allylic oxidation sites excluding steroid dienone is 3. The first kappa shape index (κ1) is 69.8. The number of carbonyl (C=O) groups is 1. The van der Waals surface area contributed by atoms with E-state index >= 15 is 0 Å². The van der Waals surface area contributed by atoms with Crippen molar-refractivity contribution in [3.63, 3.8) is 0 Å². The van der Waals surface area contributed by atoms with Gasteiger partial charge in [0, 0.05) is 35.2 Å². The van der Waals surface area contributed by atoms with Gasteiger partial charge in [0.05, 0.1) is 64.9 Å². The van der Waals surface area contributed by atoms with Gasteiger partial charge < -0.3 is 15.0 Å². The summed E-state index contributed by atoms with van der Waals surface area (Å²) < 4.78 is 49.3. The van der Waals surface area contributed by atoms with Gasteiger partial charge in [-0.3, -0.25) is 0 Å². The molecule has 18 rings (SSSR count). The van der Waals surface area contributed by atoms with Crippen LogP contribution in [0.25, 0.3) is 65.5 Å². The molecule has 0 spiro atoms. The zero-order chi connectivity index (χ0) is 63.8. The van der Waals surface area contributed by atoms with Crippen molar-refractivity contribution in [1.82, 2.24) is 29.3 Å². The Kier molecular flexibility index (Phi) is 20.2. The predicted molar refractivity (Wildman–Crippen MR) is 396 cm³/mol. The molecule has 0 bridgehead atoms. The number of thiophene rings is 3. The molecule has 3 saturated carbocycles. The number of aldehydes is 1. The lowest BCUT2D eigenvalue weighted by Crippen LogP contribution is -2.32. The van der Waals surface area contributed by atoms with Gasteiger partial charge in [0.2, 0.25) is 0 Å². The van der Waals surface area contributed by atoms with Crippen molar-refractivity contribution in [3.8, 4) is 17.1 Å². The quantitative estimate of drug-likeness (QED) is 0.147. The molecule has 97 heavy (non-hydrogen) atoms. The third-order valence-corrected chi connectivity index (χ3v) is 24.3. The molecular formula is C82H85F3N6O3S3. The average Bonchev–Trinajstić information content (AvgIpc) is 1.61. The molecule has 6 aliphatic rings. The maximum atomic E-state index is 13.4. The molecule has 6 heterocycles. The highest BCUT2D eigenvalue weighted by Crippen LogP contribution is 2.59. The molecule has 2 N–H and O–H groups in total. The number of fused-ring (bicyclic) bond motifs is 9. The van der Waals surface area contributed by atoms with Crippen LogP contribution in [0.3, 0.4) is 0 Å². The minimum absolute atomic E-state index is 0. The number of hydrogen-bond donors (Lipinski definition) is 2. The van der Waals surface area contributed by atoms with Crippen LogP contribution in [-0.4, -0.2) is 45.8 Å². The summed E-state index contributed by atoms with van der Waals surface area (Å²) >= 11 is 5.19. The van der Waals surface area contributed by atoms with Gasteiger partial charge in [-0.15, -0.1) is 34.0 Å². The second kappa shape index (κ2) is 28.1. The second-order valence-electron chi connectivity index (χ2n) is 26.4. The minimum atomic E-state index is -0.470. The van der Waals surface area contributed by atoms with Crippen LogP contribution in [-0.2, 0) is 24.1 Å². The molecule has 500 valence electrons. The lowest BCUT2D eigenvalue weighted by Gasteiger charge is -2.38. The van der Waals surface area contributed by atoms with Crippen molar-refractivity contribution in [3.05, 3.63) is 265 Å². The summed E-state index contributed by atoms with van der Waals surface area (Å²) in [6.45, 7) is 6.78. The topological polar surface area (TPSA) is 111 Å². The van der Waals surface area contributed by atoms with E-state index in [4.69, 9.17) is 0 Å². The summed E-state index contributed by atoms with van der Waals surface area (Å²) in [6.07, 6.45) is 21.0. The summed E-state index contributed by atoms with van der Waals surface area (Å²) in [4.78, 5) is 13.5. The van der Waals surface area contributed by atoms with Gasteiger partial charge in [-0.2, -0.15) is 15.3 Å². The first-order chi connectivity index (χ1) is 45.1. The number of halogens is 3. The molecule has 0 aliphatic heterocycles. The molecule has 0 unspecified atom stereocenters. The van der Waals surface area contributed by atoms with Crippen molar-refractivity contribution in [1.29, 1.82) is 0 Å². The largest absolute Gasteiger partial charge is 0.387 e. The zero-order valence-electron chi connectivity index (χ0n) is 51.8. The van der Waals surface area contributed by atoms with E-state index in [9.17, 15) is 28.2 Å². The fourth-order valence-corrected chi connectivity index (χ4v) is 18.8. The standard InChI is InChI=1S/2C26H23FN2OS.C18H17FN2O.C8H6S.4CH4/c2*1-26-14-17-15-28-29(20-9-7-19(27)8-10-20)22(17)13-18(26)6-11-21(26)25(30)24-12-16-4-2-3-5-23(16)31-24;1-18-9-12-10-20-21(16-6-4-15(19)5-7-16)17(12)8-13(18)2-3-14(18)11-22;1-2-4-8-7(3-1)5-6-9-8;;;;/h2*2-5,7-10,12-13,15,21,25,30H,6,11,14H2,1H3;4-8,10-11,14H,2-3,9H2,1H3;1-6H;4*1H4/t21-,25+,26+;21-,25-,26+;14-,18+;;;;;/m111...../s1. The number of aliphatic hydroxyl groups excluding tert-OH is 2. The van der Waals surface area contributed by atoms with Crippen molar-refractivity contribution < 1.29 is 28.2 Å². The summed E-state index contributed by atoms with van der Waals surface area (Å²) in [5.74, 6) is -0.293. The predicted octanol–water partition coefficient (Wildman–Crippen LogP) is 21.6. The van der Waals surface area contributed by atoms with Gasteiger partial charge in [-0.25, -0.2) is 27.2 Å². The Morgan fingerprint density at radius 2 is 0.814 bits per heavy atom. The lowest BCUT2D eigenvalue weighted by atomic mass is 9.68. The fraction of sp³-hybridized carbons (Fsp3) is 0.293. The van der Waals surface area contributed by atoms with E-state index in [1.165, 1.54) is 94.5 Å². The highest BCUT2D eigenvalue weighted by Gasteiger charge is 2.51. The number of benzene rings is 6. The Morgan fingerprint density at radius 1 is 0.464 bits per heavy atom. The molecule has 6 aromatic heterocycles. The van der Waals surface area contributed by atoms with Gasteiger partial charge in [-0.1, -0.05) is 122 Å². The van der Waals surface area contributed by atoms with E-state index in [0.717, 1.165) is 114 Å². The van der Waals surface area contributed by atoms with Crippen molar-refractivity contribution >= 4 is 88.8 Å². The van der Waals surface area contributed by atoms with Gasteiger partial charge in [0.25, 0.3) is 0 Å². The Morgan fingerprint density at radius 3 is 1.20 bits per heavy atom. The minimum Gasteiger partial charge on any atom is -0.387 e. The SMILES string of the molecule is C.C.C.C.C[C@]12Cc3cnn(-c4ccc(F)cc4)c3C=C1CC[C@@H]2C=O.C[C@]12Cc3cnn(-c4ccc(F)cc4)c3C=C1CC[C@@H]2[C@@H](O)c1cc2ccccc2s1.C[C@]12Cc3cnn(-c4ccc(F)cc4)c3C=C1CC[C@@H]2[C@H](O)c1cc2ccccc2s1.c1ccc2sccc2c1. The molecule has 12 aromatic rings. The molecule has 15 heteroatoms. The Balaban J connectivity index is 0.000000137. The van der Waals surface area contributed by atoms with Crippen molar-refractivity contribution in [2.24, 2.45) is 34.0 Å². The van der Waals surface area contributed by atoms with Gasteiger partial charge >= 0.3 is 0 Å². The van der Waals surface area contributed by atoms with Gasteiger partial charge in [0.15, 0.2) is 0 Å². The summed E-state index contributed by atoms with van der Waals surface area (Å²) in [5.41, 5.74) is 13.2. The number of aromatic nitrogens is 6. The third kappa shape index (κ3) is 12.8. The molecule has 0 saturated heterocycles. The monoisotopic (exact) mass is 1350 g/mol. The van der Waals surface area contributed by atoms with Crippen LogP contribution in [0.2, 0.25) is 0 Å². The molecule has 0 radical (unpaired) electrons. The number of hydrogen-bond acceptors (Lipinski definition) is 9. The van der Waals surface area contributed by atoms with Crippen LogP contribution < -0.4 is 0 Å². The summed E-state index contributed by atoms with van der Waals surface area (Å²) in [7, 11) is 0. The molecule has 0 amide bonds. The van der Waals surface area contributed by atoms with Gasteiger partial charge in [-0.05, 0) is 246 Å². The first-order valence-electron chi connectivity index (χ1n) is 32.0. The second-order valence-corrected chi connectivity index (χ2v) is 29.6. The van der Waals surface area contributed by atoms with Crippen LogP contribution in [0.5, 0.6) is 0 Å².